The predicted octanol–water partition coefficient (Wildman–Crippen LogP) is 0.567. The van der Waals surface area contributed by atoms with Gasteiger partial charge in [-0.15, -0.1) is 0 Å². The quantitative estimate of drug-likeness (QED) is 0.572. The van der Waals surface area contributed by atoms with Gasteiger partial charge in [0.2, 0.25) is 0 Å². The van der Waals surface area contributed by atoms with E-state index in [4.69, 9.17) is 0 Å². The molecule has 47 valence electrons. The van der Waals surface area contributed by atoms with Crippen LogP contribution in [0, 0.1) is 6.42 Å². The first-order chi connectivity index (χ1) is 3.81. The molecule has 0 saturated heterocycles. The third-order valence-corrected chi connectivity index (χ3v) is 0.636. The Labute approximate surface area is 49.0 Å². The fourth-order valence-corrected chi connectivity index (χ4v) is 0.258. The topological polar surface area (TPSA) is 38.3 Å². The normalized spacial score (nSPS) is 8.25. The number of hydrogen-bond donors (Lipinski definition) is 1. The number of methoxy groups -OCH3 is 1. The first-order valence-corrected chi connectivity index (χ1v) is 2.41. The lowest BCUT2D eigenvalue weighted by Gasteiger charge is -1.97. The molecule has 1 N–H and O–H groups in total. The number of nitrogens with one attached hydrogen (secondary N) is 1. The highest BCUT2D eigenvalue weighted by molar-refractivity contribution is 5.66. The Morgan fingerprint density at radius 3 is 2.88 bits per heavy atom. The van der Waals surface area contributed by atoms with Gasteiger partial charge in [0.1, 0.15) is 0 Å². The van der Waals surface area contributed by atoms with Crippen LogP contribution in [0.3, 0.4) is 0 Å². The molecule has 0 spiro atoms. The third kappa shape index (κ3) is 3.46. The molecule has 0 saturated carbocycles. The van der Waals surface area contributed by atoms with Crippen molar-refractivity contribution in [2.45, 2.75) is 6.92 Å². The Hall–Kier alpha value is -0.730. The van der Waals surface area contributed by atoms with Gasteiger partial charge in [-0.05, 0) is 6.42 Å². The second-order valence-corrected chi connectivity index (χ2v) is 1.28. The molecule has 1 radical (unpaired) electrons. The molecular formula is C5H10NO2. The lowest BCUT2D eigenvalue weighted by atomic mass is 10.5. The maximum Gasteiger partial charge on any atom is 0.406 e. The van der Waals surface area contributed by atoms with Gasteiger partial charge >= 0.3 is 6.09 Å². The number of amides is 1. The van der Waals surface area contributed by atoms with Crippen LogP contribution in [0.2, 0.25) is 0 Å². The van der Waals surface area contributed by atoms with Gasteiger partial charge in [0.15, 0.2) is 0 Å². The highest BCUT2D eigenvalue weighted by atomic mass is 16.5. The molecule has 3 heteroatoms. The maximum absolute atomic E-state index is 10.2. The van der Waals surface area contributed by atoms with E-state index in [-0.39, 0.29) is 6.09 Å². The van der Waals surface area contributed by atoms with E-state index in [2.05, 4.69) is 10.1 Å². The molecule has 0 aliphatic rings. The average Bonchev–Trinajstić information content (AvgIpc) is 1.83. The number of hydrogen-bond acceptors (Lipinski definition) is 2. The standard InChI is InChI=1S/C5H10NO2/c1-3-4-6-5(7)8-2/h3H,4H2,1-2H3,(H,6,7). The molecule has 1 amide bonds. The van der Waals surface area contributed by atoms with Crippen LogP contribution in [-0.4, -0.2) is 19.7 Å². The van der Waals surface area contributed by atoms with E-state index in [1.165, 1.54) is 7.11 Å². The van der Waals surface area contributed by atoms with E-state index >= 15 is 0 Å². The summed E-state index contributed by atoms with van der Waals surface area (Å²) in [6.07, 6.45) is 1.44. The van der Waals surface area contributed by atoms with Gasteiger partial charge in [0.05, 0.1) is 7.11 Å². The molecule has 0 aromatic carbocycles. The van der Waals surface area contributed by atoms with Crippen molar-refractivity contribution in [2.75, 3.05) is 13.7 Å². The number of carbonyl (C=O) groups is 1. The first-order valence-electron chi connectivity index (χ1n) is 2.41. The second kappa shape index (κ2) is 4.43. The lowest BCUT2D eigenvalue weighted by molar-refractivity contribution is 0.172. The van der Waals surface area contributed by atoms with Gasteiger partial charge in [-0.2, -0.15) is 0 Å². The fourth-order valence-electron chi connectivity index (χ4n) is 0.258. The molecule has 0 aromatic rings. The largest absolute Gasteiger partial charge is 0.453 e. The minimum Gasteiger partial charge on any atom is -0.453 e. The molecule has 0 heterocycles. The van der Waals surface area contributed by atoms with Gasteiger partial charge in [-0.1, -0.05) is 6.92 Å². The Kier molecular flexibility index (Phi) is 4.03. The van der Waals surface area contributed by atoms with E-state index in [1.54, 1.807) is 0 Å². The van der Waals surface area contributed by atoms with Crippen molar-refractivity contribution in [2.24, 2.45) is 0 Å². The Morgan fingerprint density at radius 2 is 2.50 bits per heavy atom. The van der Waals surface area contributed by atoms with Crippen molar-refractivity contribution < 1.29 is 9.53 Å². The molecule has 0 aliphatic carbocycles. The minimum atomic E-state index is -0.386. The van der Waals surface area contributed by atoms with Crippen LogP contribution in [0.4, 0.5) is 4.79 Å². The number of carbonyl (C=O) groups excluding carboxylic acids is 1. The third-order valence-electron chi connectivity index (χ3n) is 0.636. The molecule has 0 bridgehead atoms. The molecule has 8 heavy (non-hydrogen) atoms. The van der Waals surface area contributed by atoms with Crippen molar-refractivity contribution in [1.82, 2.24) is 5.32 Å². The highest BCUT2D eigenvalue weighted by Gasteiger charge is 1.91. The maximum atomic E-state index is 10.2. The van der Waals surface area contributed by atoms with Crippen molar-refractivity contribution in [3.63, 3.8) is 0 Å². The summed E-state index contributed by atoms with van der Waals surface area (Å²) in [4.78, 5) is 10.2. The van der Waals surface area contributed by atoms with E-state index in [0.717, 1.165) is 0 Å². The molecular weight excluding hydrogens is 106 g/mol. The van der Waals surface area contributed by atoms with Crippen molar-refractivity contribution in [1.29, 1.82) is 0 Å². The van der Waals surface area contributed by atoms with Crippen LogP contribution in [-0.2, 0) is 4.74 Å². The molecule has 0 aromatic heterocycles. The molecule has 0 fully saturated rings. The summed E-state index contributed by atoms with van der Waals surface area (Å²) < 4.78 is 4.28. The Balaban J connectivity index is 2.99. The van der Waals surface area contributed by atoms with Crippen LogP contribution >= 0.6 is 0 Å². The summed E-state index contributed by atoms with van der Waals surface area (Å²) in [5.41, 5.74) is 0. The summed E-state index contributed by atoms with van der Waals surface area (Å²) in [5, 5.41) is 2.47. The van der Waals surface area contributed by atoms with E-state index in [9.17, 15) is 4.79 Å². The fraction of sp³-hybridized carbons (Fsp3) is 0.600. The molecule has 0 rings (SSSR count). The Morgan fingerprint density at radius 1 is 1.88 bits per heavy atom. The SMILES string of the molecule is C[CH]CNC(=O)OC. The van der Waals surface area contributed by atoms with Crippen LogP contribution < -0.4 is 5.32 Å². The van der Waals surface area contributed by atoms with Gasteiger partial charge < -0.3 is 10.1 Å². The zero-order valence-corrected chi connectivity index (χ0v) is 5.10. The summed E-state index contributed by atoms with van der Waals surface area (Å²) in [7, 11) is 1.34. The van der Waals surface area contributed by atoms with Crippen LogP contribution in [0.5, 0.6) is 0 Å². The monoisotopic (exact) mass is 116 g/mol. The van der Waals surface area contributed by atoms with Crippen LogP contribution in [0.25, 0.3) is 0 Å². The first kappa shape index (κ1) is 7.27. The van der Waals surface area contributed by atoms with Gasteiger partial charge in [0, 0.05) is 6.54 Å². The van der Waals surface area contributed by atoms with Crippen LogP contribution in [0.1, 0.15) is 6.92 Å². The van der Waals surface area contributed by atoms with Gasteiger partial charge in [0.25, 0.3) is 0 Å². The van der Waals surface area contributed by atoms with Gasteiger partial charge in [-0.25, -0.2) is 4.79 Å². The predicted molar refractivity (Wildman–Crippen MR) is 30.4 cm³/mol. The van der Waals surface area contributed by atoms with Crippen molar-refractivity contribution in [3.05, 3.63) is 6.42 Å². The minimum absolute atomic E-state index is 0.386. The van der Waals surface area contributed by atoms with Crippen molar-refractivity contribution >= 4 is 6.09 Å². The van der Waals surface area contributed by atoms with Crippen LogP contribution in [0.15, 0.2) is 0 Å². The number of rotatable bonds is 2. The zero-order valence-electron chi connectivity index (χ0n) is 5.10. The Bertz CT molecular complexity index is 72.8. The van der Waals surface area contributed by atoms with Gasteiger partial charge in [-0.3, -0.25) is 0 Å². The molecule has 3 nitrogen and oxygen atoms in total. The average molecular weight is 116 g/mol. The molecule has 0 unspecified atom stereocenters. The number of alkyl carbamates (subject to hydrolysis) is 1. The summed E-state index contributed by atoms with van der Waals surface area (Å²) in [6, 6.07) is 0. The van der Waals surface area contributed by atoms with E-state index < -0.39 is 0 Å². The zero-order chi connectivity index (χ0) is 6.41. The lowest BCUT2D eigenvalue weighted by Crippen LogP contribution is -2.23. The molecule has 0 atom stereocenters. The molecule has 0 aliphatic heterocycles. The second-order valence-electron chi connectivity index (χ2n) is 1.28. The summed E-state index contributed by atoms with van der Waals surface area (Å²) >= 11 is 0. The summed E-state index contributed by atoms with van der Waals surface area (Å²) in [5.74, 6) is 0. The van der Waals surface area contributed by atoms with E-state index in [0.29, 0.717) is 6.54 Å². The van der Waals surface area contributed by atoms with Crippen molar-refractivity contribution in [3.8, 4) is 0 Å². The summed E-state index contributed by atoms with van der Waals surface area (Å²) in [6.45, 7) is 2.42. The smallest absolute Gasteiger partial charge is 0.406 e. The highest BCUT2D eigenvalue weighted by Crippen LogP contribution is 1.71. The van der Waals surface area contributed by atoms with E-state index in [1.807, 2.05) is 13.3 Å². The number of ether oxygens (including phenoxy) is 1.